The van der Waals surface area contributed by atoms with Gasteiger partial charge in [0.25, 0.3) is 0 Å². The minimum Gasteiger partial charge on any atom is -0.497 e. The van der Waals surface area contributed by atoms with Crippen molar-refractivity contribution < 1.29 is 9.53 Å². The van der Waals surface area contributed by atoms with Gasteiger partial charge >= 0.3 is 0 Å². The van der Waals surface area contributed by atoms with E-state index in [9.17, 15) is 4.79 Å². The molecule has 4 nitrogen and oxygen atoms in total. The van der Waals surface area contributed by atoms with Crippen LogP contribution >= 0.6 is 12.4 Å². The molecular weight excluding hydrogens is 264 g/mol. The van der Waals surface area contributed by atoms with Gasteiger partial charge in [0.05, 0.1) is 7.11 Å². The lowest BCUT2D eigenvalue weighted by molar-refractivity contribution is -0.131. The number of nitrogens with zero attached hydrogens (tertiary/aromatic N) is 1. The average Bonchev–Trinajstić information content (AvgIpc) is 2.42. The van der Waals surface area contributed by atoms with Gasteiger partial charge in [0.2, 0.25) is 5.91 Å². The van der Waals surface area contributed by atoms with Crippen LogP contribution in [0.4, 0.5) is 0 Å². The van der Waals surface area contributed by atoms with Crippen LogP contribution < -0.4 is 10.1 Å². The fraction of sp³-hybridized carbons (Fsp3) is 0.500. The minimum atomic E-state index is 0. The fourth-order valence-corrected chi connectivity index (χ4v) is 1.72. The molecule has 1 rings (SSSR count). The minimum absolute atomic E-state index is 0. The van der Waals surface area contributed by atoms with Gasteiger partial charge in [0.15, 0.2) is 0 Å². The molecule has 19 heavy (non-hydrogen) atoms. The summed E-state index contributed by atoms with van der Waals surface area (Å²) >= 11 is 0. The second-order valence-corrected chi connectivity index (χ2v) is 4.11. The molecule has 1 aromatic rings. The lowest BCUT2D eigenvalue weighted by Crippen LogP contribution is -2.32. The first-order valence-electron chi connectivity index (χ1n) is 6.26. The van der Waals surface area contributed by atoms with Crippen LogP contribution in [0.1, 0.15) is 18.9 Å². The lowest BCUT2D eigenvalue weighted by Gasteiger charge is -2.21. The highest BCUT2D eigenvalue weighted by Gasteiger charge is 2.11. The van der Waals surface area contributed by atoms with Crippen molar-refractivity contribution in [2.24, 2.45) is 0 Å². The zero-order valence-electron chi connectivity index (χ0n) is 11.8. The molecule has 0 unspecified atom stereocenters. The molecule has 0 fully saturated rings. The molecule has 108 valence electrons. The van der Waals surface area contributed by atoms with Gasteiger partial charge in [-0.1, -0.05) is 12.1 Å². The van der Waals surface area contributed by atoms with Crippen LogP contribution in [-0.4, -0.2) is 38.1 Å². The number of carbonyl (C=O) groups is 1. The topological polar surface area (TPSA) is 41.6 Å². The molecule has 1 N–H and O–H groups in total. The van der Waals surface area contributed by atoms with E-state index in [-0.39, 0.29) is 18.3 Å². The first kappa shape index (κ1) is 17.7. The maximum atomic E-state index is 11.9. The molecule has 0 bridgehead atoms. The van der Waals surface area contributed by atoms with Crippen molar-refractivity contribution in [3.8, 4) is 5.75 Å². The number of benzene rings is 1. The Hall–Kier alpha value is -1.26. The molecule has 0 saturated carbocycles. The largest absolute Gasteiger partial charge is 0.497 e. The van der Waals surface area contributed by atoms with Crippen molar-refractivity contribution in [1.82, 2.24) is 10.2 Å². The van der Waals surface area contributed by atoms with Crippen molar-refractivity contribution in [2.75, 3.05) is 27.2 Å². The van der Waals surface area contributed by atoms with Crippen LogP contribution in [0.2, 0.25) is 0 Å². The molecule has 0 saturated heterocycles. The van der Waals surface area contributed by atoms with Crippen molar-refractivity contribution in [2.45, 2.75) is 19.9 Å². The molecule has 0 aromatic heterocycles. The van der Waals surface area contributed by atoms with Crippen LogP contribution in [0.15, 0.2) is 24.3 Å². The van der Waals surface area contributed by atoms with Crippen molar-refractivity contribution >= 4 is 18.3 Å². The van der Waals surface area contributed by atoms with Gasteiger partial charge in [-0.3, -0.25) is 4.79 Å². The molecule has 0 aliphatic carbocycles. The molecule has 5 heteroatoms. The molecule has 0 radical (unpaired) electrons. The molecule has 1 aromatic carbocycles. The quantitative estimate of drug-likeness (QED) is 0.834. The van der Waals surface area contributed by atoms with E-state index in [1.807, 2.05) is 43.1 Å². The van der Waals surface area contributed by atoms with Crippen molar-refractivity contribution in [3.05, 3.63) is 29.8 Å². The van der Waals surface area contributed by atoms with E-state index < -0.39 is 0 Å². The normalized spacial score (nSPS) is 9.63. The third kappa shape index (κ3) is 5.94. The Balaban J connectivity index is 0.00000324. The summed E-state index contributed by atoms with van der Waals surface area (Å²) < 4.78 is 5.11. The van der Waals surface area contributed by atoms with Crippen LogP contribution in [-0.2, 0) is 11.3 Å². The van der Waals surface area contributed by atoms with Crippen molar-refractivity contribution in [1.29, 1.82) is 0 Å². The van der Waals surface area contributed by atoms with Gasteiger partial charge in [-0.05, 0) is 31.7 Å². The molecule has 0 spiro atoms. The van der Waals surface area contributed by atoms with E-state index in [1.165, 1.54) is 0 Å². The van der Waals surface area contributed by atoms with Crippen LogP contribution in [0, 0.1) is 0 Å². The molecule has 1 amide bonds. The van der Waals surface area contributed by atoms with Gasteiger partial charge in [-0.2, -0.15) is 0 Å². The highest BCUT2D eigenvalue weighted by molar-refractivity contribution is 5.85. The number of nitrogens with one attached hydrogen (secondary N) is 1. The molecular formula is C14H23ClN2O2. The third-order valence-corrected chi connectivity index (χ3v) is 2.86. The lowest BCUT2D eigenvalue weighted by atomic mass is 10.2. The molecule has 0 aliphatic heterocycles. The van der Waals surface area contributed by atoms with Crippen LogP contribution in [0.3, 0.4) is 0 Å². The number of hydrogen-bond acceptors (Lipinski definition) is 3. The molecule has 0 atom stereocenters. The summed E-state index contributed by atoms with van der Waals surface area (Å²) in [7, 11) is 3.50. The smallest absolute Gasteiger partial charge is 0.224 e. The Kier molecular flexibility index (Phi) is 9.00. The van der Waals surface area contributed by atoms with Crippen LogP contribution in [0.5, 0.6) is 5.75 Å². The highest BCUT2D eigenvalue weighted by Crippen LogP contribution is 2.13. The fourth-order valence-electron chi connectivity index (χ4n) is 1.72. The highest BCUT2D eigenvalue weighted by atomic mass is 35.5. The Labute approximate surface area is 121 Å². The number of methoxy groups -OCH3 is 1. The van der Waals surface area contributed by atoms with E-state index in [2.05, 4.69) is 5.32 Å². The summed E-state index contributed by atoms with van der Waals surface area (Å²) in [5, 5.41) is 2.99. The number of halogens is 1. The standard InChI is InChI=1S/C14H22N2O2.ClH/c1-4-16(14(17)9-10-15-2)11-12-5-7-13(18-3)8-6-12;/h5-8,15H,4,9-11H2,1-3H3;1H. The first-order valence-corrected chi connectivity index (χ1v) is 6.26. The molecule has 0 heterocycles. The summed E-state index contributed by atoms with van der Waals surface area (Å²) in [6.45, 7) is 4.11. The van der Waals surface area contributed by atoms with Gasteiger partial charge in [-0.25, -0.2) is 0 Å². The second kappa shape index (κ2) is 9.64. The number of amides is 1. The number of carbonyl (C=O) groups excluding carboxylic acids is 1. The molecule has 0 aliphatic rings. The summed E-state index contributed by atoms with van der Waals surface area (Å²) in [5.74, 6) is 1.02. The number of hydrogen-bond donors (Lipinski definition) is 1. The average molecular weight is 287 g/mol. The summed E-state index contributed by atoms with van der Waals surface area (Å²) in [6.07, 6.45) is 0.542. The monoisotopic (exact) mass is 286 g/mol. The maximum Gasteiger partial charge on any atom is 0.224 e. The first-order chi connectivity index (χ1) is 8.71. The van der Waals surface area contributed by atoms with E-state index in [0.29, 0.717) is 13.0 Å². The predicted octanol–water partition coefficient (Wildman–Crippen LogP) is 2.08. The Morgan fingerprint density at radius 2 is 1.95 bits per heavy atom. The van der Waals surface area contributed by atoms with E-state index in [4.69, 9.17) is 4.74 Å². The van der Waals surface area contributed by atoms with Gasteiger partial charge in [0.1, 0.15) is 5.75 Å². The van der Waals surface area contributed by atoms with Gasteiger partial charge in [-0.15, -0.1) is 12.4 Å². The maximum absolute atomic E-state index is 11.9. The Morgan fingerprint density at radius 1 is 1.32 bits per heavy atom. The number of rotatable bonds is 7. The number of ether oxygens (including phenoxy) is 1. The van der Waals surface area contributed by atoms with E-state index in [0.717, 1.165) is 24.4 Å². The zero-order valence-corrected chi connectivity index (χ0v) is 12.6. The Morgan fingerprint density at radius 3 is 2.42 bits per heavy atom. The summed E-state index contributed by atoms with van der Waals surface area (Å²) in [4.78, 5) is 13.8. The predicted molar refractivity (Wildman–Crippen MR) is 79.9 cm³/mol. The van der Waals surface area contributed by atoms with E-state index in [1.54, 1.807) is 7.11 Å². The summed E-state index contributed by atoms with van der Waals surface area (Å²) in [5.41, 5.74) is 1.12. The van der Waals surface area contributed by atoms with Crippen LogP contribution in [0.25, 0.3) is 0 Å². The van der Waals surface area contributed by atoms with E-state index >= 15 is 0 Å². The zero-order chi connectivity index (χ0) is 13.4. The van der Waals surface area contributed by atoms with Gasteiger partial charge in [0, 0.05) is 26.1 Å². The Bertz CT molecular complexity index is 368. The SMILES string of the molecule is CCN(Cc1ccc(OC)cc1)C(=O)CCNC.Cl. The second-order valence-electron chi connectivity index (χ2n) is 4.11. The van der Waals surface area contributed by atoms with Gasteiger partial charge < -0.3 is 15.0 Å². The van der Waals surface area contributed by atoms with Crippen molar-refractivity contribution in [3.63, 3.8) is 0 Å². The third-order valence-electron chi connectivity index (χ3n) is 2.86. The summed E-state index contributed by atoms with van der Waals surface area (Å²) in [6, 6.07) is 7.82.